The van der Waals surface area contributed by atoms with Crippen LogP contribution in [-0.4, -0.2) is 35.0 Å². The number of rotatable bonds is 6. The third-order valence-corrected chi connectivity index (χ3v) is 4.29. The molecule has 1 saturated heterocycles. The molecule has 2 atom stereocenters. The zero-order valence-electron chi connectivity index (χ0n) is 12.8. The topological polar surface area (TPSA) is 113 Å². The lowest BCUT2D eigenvalue weighted by Crippen LogP contribution is -2.55. The van der Waals surface area contributed by atoms with Gasteiger partial charge in [-0.3, -0.25) is 19.7 Å². The fourth-order valence-electron chi connectivity index (χ4n) is 2.20. The SMILES string of the molecule is Cc1ccc(NC(=O)CSC2NC(=O)CC(CC(N)=O)N2)cc1. The largest absolute Gasteiger partial charge is 0.370 e. The smallest absolute Gasteiger partial charge is 0.234 e. The Balaban J connectivity index is 1.79. The van der Waals surface area contributed by atoms with Crippen LogP contribution in [0.25, 0.3) is 0 Å². The number of hydrogen-bond donors (Lipinski definition) is 4. The normalized spacial score (nSPS) is 20.7. The van der Waals surface area contributed by atoms with E-state index >= 15 is 0 Å². The second kappa shape index (κ2) is 7.98. The Hall–Kier alpha value is -2.06. The second-order valence-electron chi connectivity index (χ2n) is 5.41. The Bertz CT molecular complexity index is 589. The minimum Gasteiger partial charge on any atom is -0.370 e. The maximum Gasteiger partial charge on any atom is 0.234 e. The molecule has 1 aliphatic rings. The van der Waals surface area contributed by atoms with Gasteiger partial charge in [-0.05, 0) is 19.1 Å². The van der Waals surface area contributed by atoms with Crippen LogP contribution in [0.5, 0.6) is 0 Å². The first kappa shape index (κ1) is 17.3. The Kier molecular flexibility index (Phi) is 6.00. The molecule has 0 saturated carbocycles. The number of carbonyl (C=O) groups is 3. The van der Waals surface area contributed by atoms with Gasteiger partial charge < -0.3 is 16.4 Å². The van der Waals surface area contributed by atoms with Gasteiger partial charge in [0.25, 0.3) is 0 Å². The highest BCUT2D eigenvalue weighted by atomic mass is 32.2. The predicted octanol–water partition coefficient (Wildman–Crippen LogP) is 0.304. The molecule has 1 aliphatic heterocycles. The second-order valence-corrected chi connectivity index (χ2v) is 6.50. The summed E-state index contributed by atoms with van der Waals surface area (Å²) >= 11 is 1.26. The fourth-order valence-corrected chi connectivity index (χ4v) is 3.09. The van der Waals surface area contributed by atoms with Gasteiger partial charge in [-0.15, -0.1) is 11.8 Å². The van der Waals surface area contributed by atoms with Gasteiger partial charge in [0.15, 0.2) is 0 Å². The maximum absolute atomic E-state index is 11.9. The highest BCUT2D eigenvalue weighted by Crippen LogP contribution is 2.15. The summed E-state index contributed by atoms with van der Waals surface area (Å²) in [5.74, 6) is -0.605. The first-order chi connectivity index (χ1) is 10.9. The van der Waals surface area contributed by atoms with E-state index in [-0.39, 0.29) is 36.5 Å². The van der Waals surface area contributed by atoms with Crippen LogP contribution in [0.3, 0.4) is 0 Å². The van der Waals surface area contributed by atoms with E-state index in [1.807, 2.05) is 31.2 Å². The summed E-state index contributed by atoms with van der Waals surface area (Å²) in [6.45, 7) is 1.97. The first-order valence-electron chi connectivity index (χ1n) is 7.24. The zero-order chi connectivity index (χ0) is 16.8. The van der Waals surface area contributed by atoms with Gasteiger partial charge in [-0.25, -0.2) is 0 Å². The Labute approximate surface area is 138 Å². The number of carbonyl (C=O) groups excluding carboxylic acids is 3. The maximum atomic E-state index is 11.9. The average molecular weight is 336 g/mol. The number of thioether (sulfide) groups is 1. The molecule has 0 aromatic heterocycles. The number of amides is 3. The van der Waals surface area contributed by atoms with E-state index < -0.39 is 11.4 Å². The zero-order valence-corrected chi connectivity index (χ0v) is 13.6. The van der Waals surface area contributed by atoms with Crippen LogP contribution in [-0.2, 0) is 14.4 Å². The summed E-state index contributed by atoms with van der Waals surface area (Å²) < 4.78 is 0. The summed E-state index contributed by atoms with van der Waals surface area (Å²) in [7, 11) is 0. The number of nitrogens with two attached hydrogens (primary N) is 1. The number of nitrogens with one attached hydrogen (secondary N) is 3. The van der Waals surface area contributed by atoms with Crippen molar-refractivity contribution in [2.45, 2.75) is 31.3 Å². The van der Waals surface area contributed by atoms with E-state index in [1.54, 1.807) is 0 Å². The number of primary amides is 1. The van der Waals surface area contributed by atoms with E-state index in [0.717, 1.165) is 11.3 Å². The van der Waals surface area contributed by atoms with Crippen molar-refractivity contribution in [3.05, 3.63) is 29.8 Å². The summed E-state index contributed by atoms with van der Waals surface area (Å²) in [6.07, 6.45) is 0.301. The van der Waals surface area contributed by atoms with Crippen molar-refractivity contribution < 1.29 is 14.4 Å². The van der Waals surface area contributed by atoms with Gasteiger partial charge in [-0.2, -0.15) is 0 Å². The number of anilines is 1. The third kappa shape index (κ3) is 5.91. The van der Waals surface area contributed by atoms with Gasteiger partial charge in [0, 0.05) is 24.6 Å². The molecule has 1 fully saturated rings. The quantitative estimate of drug-likeness (QED) is 0.597. The molecule has 124 valence electrons. The molecular formula is C15H20N4O3S. The molecular weight excluding hydrogens is 316 g/mol. The monoisotopic (exact) mass is 336 g/mol. The van der Waals surface area contributed by atoms with Gasteiger partial charge >= 0.3 is 0 Å². The van der Waals surface area contributed by atoms with Crippen LogP contribution in [0.2, 0.25) is 0 Å². The molecule has 3 amide bonds. The van der Waals surface area contributed by atoms with Gasteiger partial charge in [0.1, 0.15) is 5.50 Å². The molecule has 1 aromatic rings. The van der Waals surface area contributed by atoms with E-state index in [4.69, 9.17) is 5.73 Å². The molecule has 1 aromatic carbocycles. The van der Waals surface area contributed by atoms with Crippen LogP contribution < -0.4 is 21.7 Å². The van der Waals surface area contributed by atoms with Crippen LogP contribution in [0.15, 0.2) is 24.3 Å². The van der Waals surface area contributed by atoms with Crippen molar-refractivity contribution in [3.63, 3.8) is 0 Å². The van der Waals surface area contributed by atoms with Crippen molar-refractivity contribution in [1.29, 1.82) is 0 Å². The Morgan fingerprint density at radius 1 is 1.35 bits per heavy atom. The van der Waals surface area contributed by atoms with Crippen molar-refractivity contribution in [2.75, 3.05) is 11.1 Å². The summed E-state index contributed by atoms with van der Waals surface area (Å²) in [4.78, 5) is 34.5. The molecule has 7 nitrogen and oxygen atoms in total. The lowest BCUT2D eigenvalue weighted by atomic mass is 10.1. The van der Waals surface area contributed by atoms with Crippen LogP contribution in [0.1, 0.15) is 18.4 Å². The minimum atomic E-state index is -0.460. The molecule has 23 heavy (non-hydrogen) atoms. The van der Waals surface area contributed by atoms with Gasteiger partial charge in [0.05, 0.1) is 5.75 Å². The third-order valence-electron chi connectivity index (χ3n) is 3.27. The van der Waals surface area contributed by atoms with E-state index in [2.05, 4.69) is 16.0 Å². The fraction of sp³-hybridized carbons (Fsp3) is 0.400. The lowest BCUT2D eigenvalue weighted by molar-refractivity contribution is -0.124. The van der Waals surface area contributed by atoms with Crippen molar-refractivity contribution in [3.8, 4) is 0 Å². The summed E-state index contributed by atoms with van der Waals surface area (Å²) in [6, 6.07) is 7.21. The van der Waals surface area contributed by atoms with E-state index in [1.165, 1.54) is 11.8 Å². The highest BCUT2D eigenvalue weighted by molar-refractivity contribution is 8.00. The molecule has 2 unspecified atom stereocenters. The Morgan fingerprint density at radius 3 is 2.70 bits per heavy atom. The van der Waals surface area contributed by atoms with Crippen molar-refractivity contribution >= 4 is 35.2 Å². The molecule has 0 aliphatic carbocycles. The lowest BCUT2D eigenvalue weighted by Gasteiger charge is -2.30. The average Bonchev–Trinajstić information content (AvgIpc) is 2.46. The van der Waals surface area contributed by atoms with E-state index in [9.17, 15) is 14.4 Å². The molecule has 0 radical (unpaired) electrons. The molecule has 0 bridgehead atoms. The van der Waals surface area contributed by atoms with Crippen molar-refractivity contribution in [1.82, 2.24) is 10.6 Å². The highest BCUT2D eigenvalue weighted by Gasteiger charge is 2.27. The van der Waals surface area contributed by atoms with Crippen LogP contribution in [0.4, 0.5) is 5.69 Å². The van der Waals surface area contributed by atoms with Crippen LogP contribution in [0, 0.1) is 6.92 Å². The van der Waals surface area contributed by atoms with E-state index in [0.29, 0.717) is 0 Å². The van der Waals surface area contributed by atoms with Crippen molar-refractivity contribution in [2.24, 2.45) is 5.73 Å². The minimum absolute atomic E-state index is 0.0973. The Morgan fingerprint density at radius 2 is 2.04 bits per heavy atom. The first-order valence-corrected chi connectivity index (χ1v) is 8.29. The summed E-state index contributed by atoms with van der Waals surface area (Å²) in [5, 5.41) is 8.61. The summed E-state index contributed by atoms with van der Waals surface area (Å²) in [5.41, 5.74) is 6.59. The standard InChI is InChI=1S/C15H20N4O3S/c1-9-2-4-10(5-3-9)17-14(22)8-23-15-18-11(6-12(16)20)7-13(21)19-15/h2-5,11,15,18H,6-8H2,1H3,(H2,16,20)(H,17,22)(H,19,21). The molecule has 1 heterocycles. The molecule has 0 spiro atoms. The number of benzene rings is 1. The molecule has 5 N–H and O–H groups in total. The predicted molar refractivity (Wildman–Crippen MR) is 89.5 cm³/mol. The van der Waals surface area contributed by atoms with Gasteiger partial charge in [-0.1, -0.05) is 17.7 Å². The number of aryl methyl sites for hydroxylation is 1. The van der Waals surface area contributed by atoms with Gasteiger partial charge in [0.2, 0.25) is 17.7 Å². The number of hydrogen-bond acceptors (Lipinski definition) is 5. The van der Waals surface area contributed by atoms with Crippen LogP contribution >= 0.6 is 11.8 Å². The molecule has 8 heteroatoms. The molecule has 2 rings (SSSR count).